The fourth-order valence-electron chi connectivity index (χ4n) is 4.11. The molecular weight excluding hydrogens is 314 g/mol. The van der Waals surface area contributed by atoms with Crippen LogP contribution in [0.4, 0.5) is 0 Å². The molecule has 0 amide bonds. The molecule has 138 valence electrons. The Morgan fingerprint density at radius 1 is 1.36 bits per heavy atom. The second-order valence-corrected chi connectivity index (χ2v) is 7.57. The van der Waals surface area contributed by atoms with Gasteiger partial charge in [0, 0.05) is 37.6 Å². The quantitative estimate of drug-likeness (QED) is 0.636. The van der Waals surface area contributed by atoms with Crippen LogP contribution in [0.2, 0.25) is 0 Å². The number of fused-ring (bicyclic) bond motifs is 1. The summed E-state index contributed by atoms with van der Waals surface area (Å²) in [6.45, 7) is 9.73. The molecule has 5 heteroatoms. The maximum atomic E-state index is 5.90. The van der Waals surface area contributed by atoms with Crippen LogP contribution in [0.15, 0.2) is 35.3 Å². The summed E-state index contributed by atoms with van der Waals surface area (Å²) in [4.78, 5) is 6.84. The van der Waals surface area contributed by atoms with Gasteiger partial charge in [-0.25, -0.2) is 0 Å². The lowest BCUT2D eigenvalue weighted by atomic mass is 9.57. The number of hydrogen-bond acceptors (Lipinski definition) is 3. The first-order valence-electron chi connectivity index (χ1n) is 9.35. The highest BCUT2D eigenvalue weighted by atomic mass is 16.5. The van der Waals surface area contributed by atoms with Crippen LogP contribution in [0.5, 0.6) is 5.75 Å². The predicted molar refractivity (Wildman–Crippen MR) is 101 cm³/mol. The van der Waals surface area contributed by atoms with Crippen molar-refractivity contribution in [2.75, 3.05) is 33.4 Å². The van der Waals surface area contributed by atoms with Crippen LogP contribution in [-0.4, -0.2) is 56.4 Å². The zero-order valence-electron chi connectivity index (χ0n) is 15.9. The normalized spacial score (nSPS) is 27.4. The van der Waals surface area contributed by atoms with E-state index >= 15 is 0 Å². The van der Waals surface area contributed by atoms with Crippen molar-refractivity contribution < 1.29 is 9.47 Å². The minimum atomic E-state index is 0.150. The summed E-state index contributed by atoms with van der Waals surface area (Å²) in [5, 5.41) is 3.70. The van der Waals surface area contributed by atoms with Gasteiger partial charge in [0.1, 0.15) is 12.4 Å². The highest BCUT2D eigenvalue weighted by molar-refractivity contribution is 5.80. The van der Waals surface area contributed by atoms with Crippen LogP contribution in [0.3, 0.4) is 0 Å². The maximum absolute atomic E-state index is 5.90. The van der Waals surface area contributed by atoms with Gasteiger partial charge >= 0.3 is 0 Å². The standard InChI is InChI=1S/C20H31N3O2/c1-5-21-19(22-17-16-11-13-25-18(16)20(17,2)3)23(4)12-14-24-15-9-7-6-8-10-15/h6-10,16-18H,5,11-14H2,1-4H3,(H,21,22). The third kappa shape index (κ3) is 3.76. The Morgan fingerprint density at radius 2 is 2.12 bits per heavy atom. The Bertz CT molecular complexity index is 588. The average molecular weight is 345 g/mol. The third-order valence-corrected chi connectivity index (χ3v) is 5.49. The molecule has 5 nitrogen and oxygen atoms in total. The lowest BCUT2D eigenvalue weighted by molar-refractivity contribution is -0.107. The molecule has 2 aliphatic rings. The monoisotopic (exact) mass is 345 g/mol. The molecule has 2 fully saturated rings. The molecule has 1 saturated heterocycles. The van der Waals surface area contributed by atoms with Gasteiger partial charge in [0.15, 0.2) is 5.96 Å². The summed E-state index contributed by atoms with van der Waals surface area (Å²) < 4.78 is 11.7. The molecule has 1 saturated carbocycles. The van der Waals surface area contributed by atoms with Gasteiger partial charge in [-0.3, -0.25) is 4.99 Å². The van der Waals surface area contributed by atoms with E-state index in [2.05, 4.69) is 43.0 Å². The van der Waals surface area contributed by atoms with Gasteiger partial charge in [0.25, 0.3) is 0 Å². The second-order valence-electron chi connectivity index (χ2n) is 7.57. The molecule has 3 unspecified atom stereocenters. The van der Waals surface area contributed by atoms with Gasteiger partial charge in [-0.2, -0.15) is 0 Å². The average Bonchev–Trinajstić information content (AvgIpc) is 3.06. The molecule has 0 aromatic heterocycles. The van der Waals surface area contributed by atoms with Gasteiger partial charge in [-0.1, -0.05) is 32.0 Å². The number of benzene rings is 1. The Balaban J connectivity index is 1.54. The summed E-state index contributed by atoms with van der Waals surface area (Å²) in [6, 6.07) is 10.4. The number of hydrogen-bond donors (Lipinski definition) is 1. The highest BCUT2D eigenvalue weighted by Gasteiger charge is 2.59. The molecule has 1 heterocycles. The molecule has 25 heavy (non-hydrogen) atoms. The number of aliphatic imine (C=N–C) groups is 1. The van der Waals surface area contributed by atoms with Crippen molar-refractivity contribution in [3.05, 3.63) is 30.3 Å². The molecule has 1 N–H and O–H groups in total. The summed E-state index contributed by atoms with van der Waals surface area (Å²) in [5.74, 6) is 2.47. The zero-order valence-corrected chi connectivity index (χ0v) is 15.9. The van der Waals surface area contributed by atoms with Crippen LogP contribution >= 0.6 is 0 Å². The molecule has 0 spiro atoms. The third-order valence-electron chi connectivity index (χ3n) is 5.49. The van der Waals surface area contributed by atoms with Gasteiger partial charge in [-0.05, 0) is 25.5 Å². The van der Waals surface area contributed by atoms with E-state index < -0.39 is 0 Å². The van der Waals surface area contributed by atoms with E-state index in [0.717, 1.165) is 37.8 Å². The molecule has 1 aliphatic heterocycles. The first kappa shape index (κ1) is 18.1. The van der Waals surface area contributed by atoms with Gasteiger partial charge in [-0.15, -0.1) is 0 Å². The summed E-state index contributed by atoms with van der Waals surface area (Å²) >= 11 is 0. The maximum Gasteiger partial charge on any atom is 0.194 e. The van der Waals surface area contributed by atoms with Crippen LogP contribution in [0.1, 0.15) is 27.2 Å². The number of likely N-dealkylation sites (N-methyl/N-ethyl adjacent to an activating group) is 1. The van der Waals surface area contributed by atoms with Crippen molar-refractivity contribution in [2.24, 2.45) is 16.3 Å². The summed E-state index contributed by atoms with van der Waals surface area (Å²) in [7, 11) is 2.07. The molecule has 3 atom stereocenters. The van der Waals surface area contributed by atoms with E-state index in [0.29, 0.717) is 24.7 Å². The molecule has 3 rings (SSSR count). The van der Waals surface area contributed by atoms with Gasteiger partial charge < -0.3 is 19.7 Å². The van der Waals surface area contributed by atoms with E-state index in [1.54, 1.807) is 0 Å². The Labute approximate surface area is 151 Å². The van der Waals surface area contributed by atoms with Crippen LogP contribution in [0.25, 0.3) is 0 Å². The van der Waals surface area contributed by atoms with Crippen LogP contribution < -0.4 is 10.1 Å². The predicted octanol–water partition coefficient (Wildman–Crippen LogP) is 2.78. The lowest BCUT2D eigenvalue weighted by Gasteiger charge is -2.55. The molecule has 1 aromatic rings. The Hall–Kier alpha value is -1.75. The van der Waals surface area contributed by atoms with E-state index in [-0.39, 0.29) is 5.41 Å². The van der Waals surface area contributed by atoms with Crippen molar-refractivity contribution in [1.29, 1.82) is 0 Å². The Kier molecular flexibility index (Phi) is 5.52. The smallest absolute Gasteiger partial charge is 0.194 e. The van der Waals surface area contributed by atoms with Crippen molar-refractivity contribution in [1.82, 2.24) is 10.2 Å². The molecule has 1 aromatic carbocycles. The molecular formula is C20H31N3O2. The zero-order chi connectivity index (χ0) is 17.9. The van der Waals surface area contributed by atoms with E-state index in [4.69, 9.17) is 9.47 Å². The Morgan fingerprint density at radius 3 is 2.84 bits per heavy atom. The SMILES string of the molecule is CCN=C(NC1C2CCOC2C1(C)C)N(C)CCOc1ccccc1. The van der Waals surface area contributed by atoms with Crippen molar-refractivity contribution >= 4 is 5.96 Å². The fourth-order valence-corrected chi connectivity index (χ4v) is 4.11. The second kappa shape index (κ2) is 7.65. The van der Waals surface area contributed by atoms with E-state index in [1.807, 2.05) is 30.3 Å². The van der Waals surface area contributed by atoms with E-state index in [9.17, 15) is 0 Å². The largest absolute Gasteiger partial charge is 0.492 e. The molecule has 0 bridgehead atoms. The first-order chi connectivity index (χ1) is 12.0. The minimum absolute atomic E-state index is 0.150. The van der Waals surface area contributed by atoms with Crippen molar-refractivity contribution in [3.8, 4) is 5.75 Å². The van der Waals surface area contributed by atoms with E-state index in [1.165, 1.54) is 0 Å². The van der Waals surface area contributed by atoms with Gasteiger partial charge in [0.2, 0.25) is 0 Å². The van der Waals surface area contributed by atoms with Crippen LogP contribution in [-0.2, 0) is 4.74 Å². The number of nitrogens with zero attached hydrogens (tertiary/aromatic N) is 2. The summed E-state index contributed by atoms with van der Waals surface area (Å²) in [6.07, 6.45) is 1.53. The number of guanidine groups is 1. The molecule has 0 radical (unpaired) electrons. The van der Waals surface area contributed by atoms with Crippen molar-refractivity contribution in [2.45, 2.75) is 39.3 Å². The first-order valence-corrected chi connectivity index (χ1v) is 9.35. The number of rotatable bonds is 6. The highest BCUT2D eigenvalue weighted by Crippen LogP contribution is 2.52. The lowest BCUT2D eigenvalue weighted by Crippen LogP contribution is -2.68. The fraction of sp³-hybridized carbons (Fsp3) is 0.650. The number of para-hydroxylation sites is 1. The van der Waals surface area contributed by atoms with Gasteiger partial charge in [0.05, 0.1) is 12.6 Å². The van der Waals surface area contributed by atoms with Crippen molar-refractivity contribution in [3.63, 3.8) is 0 Å². The number of ether oxygens (including phenoxy) is 2. The summed E-state index contributed by atoms with van der Waals surface area (Å²) in [5.41, 5.74) is 0.150. The molecule has 1 aliphatic carbocycles. The minimum Gasteiger partial charge on any atom is -0.492 e. The van der Waals surface area contributed by atoms with Crippen LogP contribution in [0, 0.1) is 11.3 Å². The topological polar surface area (TPSA) is 46.1 Å². The number of nitrogens with one attached hydrogen (secondary N) is 1.